The summed E-state index contributed by atoms with van der Waals surface area (Å²) in [6.07, 6.45) is 1.38. The fourth-order valence-corrected chi connectivity index (χ4v) is 0.655. The first-order chi connectivity index (χ1) is 3.27. The first-order valence-corrected chi connectivity index (χ1v) is 3.51. The van der Waals surface area contributed by atoms with Crippen molar-refractivity contribution in [3.8, 4) is 0 Å². The zero-order chi connectivity index (χ0) is 5.70. The number of hydrogen-bond acceptors (Lipinski definition) is 2. The third-order valence-corrected chi connectivity index (χ3v) is 0.947. The Kier molecular flexibility index (Phi) is 4.03. The van der Waals surface area contributed by atoms with E-state index in [1.54, 1.807) is 0 Å². The van der Waals surface area contributed by atoms with Gasteiger partial charge in [0.15, 0.2) is 0 Å². The minimum Gasteiger partial charge on any atom is -0.185 e. The molecule has 40 valence electrons. The number of allylic oxidation sites excluding steroid dienone is 1. The lowest BCUT2D eigenvalue weighted by Crippen LogP contribution is -1.61. The van der Waals surface area contributed by atoms with E-state index in [4.69, 9.17) is 0 Å². The molecule has 0 amide bonds. The number of halogens is 1. The maximum absolute atomic E-state index is 9.63. The molecule has 2 nitrogen and oxygen atoms in total. The highest BCUT2D eigenvalue weighted by atomic mass is 79.9. The Bertz CT molecular complexity index is 169. The van der Waals surface area contributed by atoms with Crippen LogP contribution in [-0.2, 0) is 10.3 Å². The molecule has 0 aliphatic rings. The van der Waals surface area contributed by atoms with Gasteiger partial charge in [-0.25, -0.2) is 0 Å². The summed E-state index contributed by atoms with van der Waals surface area (Å²) >= 11 is 2.89. The van der Waals surface area contributed by atoms with E-state index in [0.29, 0.717) is 0 Å². The second kappa shape index (κ2) is 4.08. The summed E-state index contributed by atoms with van der Waals surface area (Å²) in [4.78, 5) is 1.46. The first-order valence-electron chi connectivity index (χ1n) is 1.45. The maximum Gasteiger partial charge on any atom is 0.214 e. The van der Waals surface area contributed by atoms with E-state index >= 15 is 0 Å². The molecule has 0 N–H and O–H groups in total. The van der Waals surface area contributed by atoms with Crippen LogP contribution in [0.2, 0.25) is 0 Å². The van der Waals surface area contributed by atoms with Crippen LogP contribution in [0, 0.1) is 0 Å². The summed E-state index contributed by atoms with van der Waals surface area (Å²) in [7, 11) is -2.06. The van der Waals surface area contributed by atoms with E-state index in [1.165, 1.54) is 11.1 Å². The lowest BCUT2D eigenvalue weighted by atomic mass is 10.8. The fourth-order valence-electron chi connectivity index (χ4n) is 0.0938. The van der Waals surface area contributed by atoms with Crippen molar-refractivity contribution in [3.63, 3.8) is 0 Å². The second-order valence-electron chi connectivity index (χ2n) is 0.715. The molecule has 0 atom stereocenters. The van der Waals surface area contributed by atoms with Crippen molar-refractivity contribution >= 4 is 31.6 Å². The number of rotatable bonds is 1. The van der Waals surface area contributed by atoms with Gasteiger partial charge in [0, 0.05) is 0 Å². The predicted molar refractivity (Wildman–Crippen MR) is 33.1 cm³/mol. The van der Waals surface area contributed by atoms with Gasteiger partial charge in [-0.3, -0.25) is 0 Å². The van der Waals surface area contributed by atoms with Crippen LogP contribution >= 0.6 is 15.9 Å². The highest BCUT2D eigenvalue weighted by molar-refractivity contribution is 9.11. The number of hydrogen-bond donors (Lipinski definition) is 0. The minimum absolute atomic E-state index is 1.04. The molecule has 0 heterocycles. The molecule has 0 bridgehead atoms. The topological polar surface area (TPSA) is 34.1 Å². The van der Waals surface area contributed by atoms with E-state index in [0.717, 1.165) is 5.37 Å². The Morgan fingerprint density at radius 1 is 1.43 bits per heavy atom. The molecular weight excluding hydrogens is 180 g/mol. The average Bonchev–Trinajstić information content (AvgIpc) is 1.61. The third-order valence-electron chi connectivity index (χ3n) is 0.262. The highest BCUT2D eigenvalue weighted by Crippen LogP contribution is 1.76. The largest absolute Gasteiger partial charge is 0.214 e. The molecule has 0 rings (SSSR count). The molecule has 0 unspecified atom stereocenters. The minimum atomic E-state index is -2.06. The second-order valence-corrected chi connectivity index (χ2v) is 2.04. The van der Waals surface area contributed by atoms with E-state index in [9.17, 15) is 8.42 Å². The van der Waals surface area contributed by atoms with Crippen molar-refractivity contribution in [2.45, 2.75) is 0 Å². The van der Waals surface area contributed by atoms with Crippen molar-refractivity contribution < 1.29 is 8.42 Å². The van der Waals surface area contributed by atoms with Crippen LogP contribution in [0.4, 0.5) is 0 Å². The Balaban J connectivity index is 3.98. The monoisotopic (exact) mass is 182 g/mol. The predicted octanol–water partition coefficient (Wildman–Crippen LogP) is 0.576. The molecule has 0 radical (unpaired) electrons. The van der Waals surface area contributed by atoms with Gasteiger partial charge in [-0.15, -0.1) is 0 Å². The zero-order valence-electron chi connectivity index (χ0n) is 3.33. The van der Waals surface area contributed by atoms with Crippen molar-refractivity contribution in [1.29, 1.82) is 0 Å². The smallest absolute Gasteiger partial charge is 0.185 e. The summed E-state index contributed by atoms with van der Waals surface area (Å²) in [5.74, 6) is 0. The molecule has 0 fully saturated rings. The fraction of sp³-hybridized carbons (Fsp3) is 0. The van der Waals surface area contributed by atoms with Gasteiger partial charge < -0.3 is 0 Å². The van der Waals surface area contributed by atoms with Crippen LogP contribution < -0.4 is 0 Å². The quantitative estimate of drug-likeness (QED) is 0.440. The van der Waals surface area contributed by atoms with Gasteiger partial charge in [0.25, 0.3) is 0 Å². The summed E-state index contributed by atoms with van der Waals surface area (Å²) in [5, 5.41) is 1.04. The molecule has 0 spiro atoms. The van der Waals surface area contributed by atoms with E-state index in [1.807, 2.05) is 0 Å². The summed E-state index contributed by atoms with van der Waals surface area (Å²) in [5.41, 5.74) is 0. The molecule has 0 saturated heterocycles. The zero-order valence-corrected chi connectivity index (χ0v) is 5.74. The van der Waals surface area contributed by atoms with Gasteiger partial charge in [-0.2, -0.15) is 8.42 Å². The Morgan fingerprint density at radius 3 is 2.14 bits per heavy atom. The summed E-state index contributed by atoms with van der Waals surface area (Å²) in [6.45, 7) is 0. The molecular formula is C3H3BrO2S. The highest BCUT2D eigenvalue weighted by Gasteiger charge is 1.58. The van der Waals surface area contributed by atoms with Crippen molar-refractivity contribution in [3.05, 3.63) is 11.1 Å². The van der Waals surface area contributed by atoms with Crippen LogP contribution in [0.3, 0.4) is 0 Å². The maximum atomic E-state index is 9.63. The SMILES string of the molecule is O=S(=O)=CC=CBr. The lowest BCUT2D eigenvalue weighted by Gasteiger charge is -1.54. The molecule has 4 heteroatoms. The molecule has 0 aromatic rings. The summed E-state index contributed by atoms with van der Waals surface area (Å²) in [6, 6.07) is 0. The molecule has 0 saturated carbocycles. The molecule has 0 aromatic heterocycles. The van der Waals surface area contributed by atoms with Crippen molar-refractivity contribution in [2.24, 2.45) is 0 Å². The van der Waals surface area contributed by atoms with Crippen LogP contribution in [0.5, 0.6) is 0 Å². The van der Waals surface area contributed by atoms with E-state index in [-0.39, 0.29) is 0 Å². The van der Waals surface area contributed by atoms with Crippen LogP contribution in [0.15, 0.2) is 11.1 Å². The molecule has 7 heavy (non-hydrogen) atoms. The Morgan fingerprint density at radius 2 is 2.00 bits per heavy atom. The third kappa shape index (κ3) is 5.91. The van der Waals surface area contributed by atoms with Crippen LogP contribution in [-0.4, -0.2) is 13.8 Å². The van der Waals surface area contributed by atoms with Gasteiger partial charge in [-0.05, 0) is 11.1 Å². The molecule has 0 aliphatic heterocycles. The Labute approximate surface area is 51.5 Å². The normalized spacial score (nSPS) is 9.29. The van der Waals surface area contributed by atoms with Gasteiger partial charge in [0.2, 0.25) is 10.3 Å². The van der Waals surface area contributed by atoms with Crippen molar-refractivity contribution in [2.75, 3.05) is 0 Å². The van der Waals surface area contributed by atoms with Gasteiger partial charge >= 0.3 is 0 Å². The Hall–Kier alpha value is -0.0900. The first kappa shape index (κ1) is 6.91. The summed E-state index contributed by atoms with van der Waals surface area (Å²) < 4.78 is 19.3. The van der Waals surface area contributed by atoms with Gasteiger partial charge in [0.05, 0.1) is 5.37 Å². The standard InChI is InChI=1S/C3H3BrO2S/c4-2-1-3-7(5)6/h1-3H. The average molecular weight is 183 g/mol. The van der Waals surface area contributed by atoms with E-state index in [2.05, 4.69) is 15.9 Å². The van der Waals surface area contributed by atoms with Gasteiger partial charge in [0.1, 0.15) is 0 Å². The van der Waals surface area contributed by atoms with Crippen molar-refractivity contribution in [1.82, 2.24) is 0 Å². The van der Waals surface area contributed by atoms with E-state index < -0.39 is 10.3 Å². The van der Waals surface area contributed by atoms with Gasteiger partial charge in [-0.1, -0.05) is 15.9 Å². The lowest BCUT2D eigenvalue weighted by molar-refractivity contribution is 0.627. The molecule has 0 aliphatic carbocycles. The van der Waals surface area contributed by atoms with Crippen LogP contribution in [0.1, 0.15) is 0 Å². The molecule has 0 aromatic carbocycles. The van der Waals surface area contributed by atoms with Crippen LogP contribution in [0.25, 0.3) is 0 Å².